The van der Waals surface area contributed by atoms with Gasteiger partial charge in [-0.3, -0.25) is 19.3 Å². The monoisotopic (exact) mass is 768 g/mol. The van der Waals surface area contributed by atoms with Crippen LogP contribution in [0.4, 0.5) is 10.1 Å². The number of benzene rings is 3. The van der Waals surface area contributed by atoms with Crippen LogP contribution in [0.25, 0.3) is 0 Å². The standard InChI is InChI=1S/C37H41FN4O9S2/c1-37(2,3)34(36(47)48)42(30(44)20-39)31(45)21-51-28-17-11-25(12-18-28)32-33(52-22-29(43)24-9-13-26(38)14-10-24)35(46)41(32)27-15-7-23(8-16-27)6-5-19-40-53(4,49)50/h7-18,29,32-34,40,43H,19-22,39H2,1-4H3,(H,47,48)/t29-,32?,33+,34-/m0/s1. The average Bonchev–Trinajstić information content (AvgIpc) is 3.10. The molecule has 53 heavy (non-hydrogen) atoms. The van der Waals surface area contributed by atoms with E-state index in [9.17, 15) is 42.2 Å². The van der Waals surface area contributed by atoms with Gasteiger partial charge in [0.1, 0.15) is 22.9 Å². The zero-order valence-corrected chi connectivity index (χ0v) is 31.1. The number of anilines is 1. The Kier molecular flexibility index (Phi) is 13.4. The SMILES string of the molecule is CC(C)(C)[C@H](C(=O)O)N(C(=O)CN)C(=O)COc1ccc(C2[C@@H](SC[C@H](O)c3ccc(F)cc3)C(=O)N2c2ccc(C#CCNS(C)(=O)=O)cc2)cc1. The van der Waals surface area contributed by atoms with Gasteiger partial charge < -0.3 is 25.6 Å². The Balaban J connectivity index is 1.54. The maximum absolute atomic E-state index is 13.6. The number of aliphatic hydroxyl groups is 1. The number of sulfonamides is 1. The smallest absolute Gasteiger partial charge is 0.327 e. The maximum atomic E-state index is 13.6. The number of rotatable bonds is 14. The van der Waals surface area contributed by atoms with Crippen LogP contribution < -0.4 is 20.1 Å². The van der Waals surface area contributed by atoms with Crippen LogP contribution in [0.2, 0.25) is 0 Å². The first-order valence-electron chi connectivity index (χ1n) is 16.3. The highest BCUT2D eigenvalue weighted by Gasteiger charge is 2.49. The molecule has 1 unspecified atom stereocenters. The fourth-order valence-electron chi connectivity index (χ4n) is 5.60. The Morgan fingerprint density at radius 1 is 1.04 bits per heavy atom. The first-order valence-corrected chi connectivity index (χ1v) is 19.3. The van der Waals surface area contributed by atoms with Gasteiger partial charge in [0.15, 0.2) is 6.61 Å². The van der Waals surface area contributed by atoms with E-state index in [1.165, 1.54) is 36.0 Å². The third kappa shape index (κ3) is 10.6. The summed E-state index contributed by atoms with van der Waals surface area (Å²) >= 11 is 1.25. The minimum Gasteiger partial charge on any atom is -0.484 e. The van der Waals surface area contributed by atoms with E-state index in [4.69, 9.17) is 10.5 Å². The molecule has 4 rings (SSSR count). The minimum absolute atomic E-state index is 0.0618. The molecule has 0 aromatic heterocycles. The summed E-state index contributed by atoms with van der Waals surface area (Å²) in [6.07, 6.45) is 0.0738. The number of ether oxygens (including phenoxy) is 1. The largest absolute Gasteiger partial charge is 0.484 e. The maximum Gasteiger partial charge on any atom is 0.327 e. The van der Waals surface area contributed by atoms with Gasteiger partial charge in [0.25, 0.3) is 5.91 Å². The lowest BCUT2D eigenvalue weighted by Gasteiger charge is -2.47. The molecule has 1 aliphatic heterocycles. The lowest BCUT2D eigenvalue weighted by atomic mass is 9.85. The van der Waals surface area contributed by atoms with Crippen molar-refractivity contribution in [3.63, 3.8) is 0 Å². The van der Waals surface area contributed by atoms with Gasteiger partial charge in [-0.2, -0.15) is 0 Å². The number of amides is 3. The van der Waals surface area contributed by atoms with Crippen LogP contribution in [0, 0.1) is 23.1 Å². The number of carboxylic acids is 1. The predicted molar refractivity (Wildman–Crippen MR) is 198 cm³/mol. The van der Waals surface area contributed by atoms with E-state index in [0.29, 0.717) is 27.3 Å². The Hall–Kier alpha value is -4.79. The third-order valence-corrected chi connectivity index (χ3v) is 10.1. The van der Waals surface area contributed by atoms with Gasteiger partial charge in [-0.25, -0.2) is 22.3 Å². The second-order valence-corrected chi connectivity index (χ2v) is 16.2. The molecule has 3 aromatic carbocycles. The molecule has 1 fully saturated rings. The molecule has 1 saturated heterocycles. The van der Waals surface area contributed by atoms with Crippen molar-refractivity contribution in [2.24, 2.45) is 11.1 Å². The van der Waals surface area contributed by atoms with Crippen molar-refractivity contribution in [2.45, 2.75) is 44.2 Å². The quantitative estimate of drug-likeness (QED) is 0.139. The highest BCUT2D eigenvalue weighted by molar-refractivity contribution is 8.00. The number of carboxylic acid groups (broad SMARTS) is 1. The van der Waals surface area contributed by atoms with Gasteiger partial charge in [0.2, 0.25) is 21.8 Å². The van der Waals surface area contributed by atoms with E-state index < -0.39 is 75.6 Å². The predicted octanol–water partition coefficient (Wildman–Crippen LogP) is 2.84. The van der Waals surface area contributed by atoms with Crippen LogP contribution in [-0.4, -0.2) is 90.2 Å². The van der Waals surface area contributed by atoms with Gasteiger partial charge in [-0.1, -0.05) is 56.9 Å². The van der Waals surface area contributed by atoms with E-state index in [1.54, 1.807) is 74.2 Å². The Bertz CT molecular complexity index is 1980. The second kappa shape index (κ2) is 17.4. The molecule has 1 heterocycles. The molecule has 3 aromatic rings. The zero-order chi connectivity index (χ0) is 39.1. The fraction of sp³-hybridized carbons (Fsp3) is 0.351. The molecular formula is C37H41FN4O9S2. The molecule has 4 atom stereocenters. The molecule has 3 amide bonds. The van der Waals surface area contributed by atoms with E-state index in [-0.39, 0.29) is 24.0 Å². The summed E-state index contributed by atoms with van der Waals surface area (Å²) < 4.78 is 44.0. The van der Waals surface area contributed by atoms with Crippen molar-refractivity contribution >= 4 is 51.2 Å². The number of halogens is 1. The molecule has 0 radical (unpaired) electrons. The Morgan fingerprint density at radius 3 is 2.21 bits per heavy atom. The lowest BCUT2D eigenvalue weighted by Crippen LogP contribution is -2.57. The second-order valence-electron chi connectivity index (χ2n) is 13.2. The molecule has 13 nitrogen and oxygen atoms in total. The van der Waals surface area contributed by atoms with E-state index in [2.05, 4.69) is 16.6 Å². The van der Waals surface area contributed by atoms with Crippen molar-refractivity contribution in [2.75, 3.05) is 36.6 Å². The van der Waals surface area contributed by atoms with Crippen LogP contribution in [0.1, 0.15) is 49.6 Å². The summed E-state index contributed by atoms with van der Waals surface area (Å²) in [5.74, 6) is 2.23. The van der Waals surface area contributed by atoms with E-state index in [0.717, 1.165) is 6.26 Å². The van der Waals surface area contributed by atoms with Gasteiger partial charge in [0, 0.05) is 17.0 Å². The molecule has 0 spiro atoms. The van der Waals surface area contributed by atoms with Crippen LogP contribution in [0.5, 0.6) is 5.75 Å². The Morgan fingerprint density at radius 2 is 1.66 bits per heavy atom. The van der Waals surface area contributed by atoms with Crippen molar-refractivity contribution in [3.8, 4) is 17.6 Å². The van der Waals surface area contributed by atoms with Crippen molar-refractivity contribution in [1.29, 1.82) is 0 Å². The summed E-state index contributed by atoms with van der Waals surface area (Å²) in [5.41, 5.74) is 6.87. The number of imide groups is 1. The van der Waals surface area contributed by atoms with Crippen LogP contribution in [-0.2, 0) is 29.2 Å². The van der Waals surface area contributed by atoms with Crippen LogP contribution >= 0.6 is 11.8 Å². The fourth-order valence-corrected chi connectivity index (χ4v) is 7.23. The highest BCUT2D eigenvalue weighted by atomic mass is 32.2. The highest BCUT2D eigenvalue weighted by Crippen LogP contribution is 2.46. The average molecular weight is 769 g/mol. The number of aliphatic carboxylic acids is 1. The normalized spacial score (nSPS) is 16.8. The molecule has 282 valence electrons. The summed E-state index contributed by atoms with van der Waals surface area (Å²) in [6, 6.07) is 16.9. The van der Waals surface area contributed by atoms with E-state index >= 15 is 0 Å². The molecule has 1 aliphatic rings. The summed E-state index contributed by atoms with van der Waals surface area (Å²) in [6.45, 7) is 3.49. The number of thioether (sulfide) groups is 1. The number of nitrogens with zero attached hydrogens (tertiary/aromatic N) is 2. The zero-order valence-electron chi connectivity index (χ0n) is 29.5. The first kappa shape index (κ1) is 41.0. The molecular weight excluding hydrogens is 728 g/mol. The van der Waals surface area contributed by atoms with Crippen molar-refractivity contribution in [1.82, 2.24) is 9.62 Å². The summed E-state index contributed by atoms with van der Waals surface area (Å²) in [7, 11) is -3.38. The Labute approximate surface area is 311 Å². The lowest BCUT2D eigenvalue weighted by molar-refractivity contribution is -0.163. The molecule has 5 N–H and O–H groups in total. The van der Waals surface area contributed by atoms with Crippen LogP contribution in [0.15, 0.2) is 72.8 Å². The molecule has 0 saturated carbocycles. The van der Waals surface area contributed by atoms with Gasteiger partial charge in [-0.05, 0) is 65.1 Å². The third-order valence-electron chi connectivity index (χ3n) is 8.14. The minimum atomic E-state index is -3.38. The van der Waals surface area contributed by atoms with Gasteiger partial charge in [0.05, 0.1) is 31.5 Å². The first-order chi connectivity index (χ1) is 24.9. The van der Waals surface area contributed by atoms with Crippen molar-refractivity contribution in [3.05, 3.63) is 95.3 Å². The molecule has 0 aliphatic carbocycles. The number of β-lactam (4-membered cyclic amide) rings is 1. The van der Waals surface area contributed by atoms with Gasteiger partial charge in [-0.15, -0.1) is 11.8 Å². The summed E-state index contributed by atoms with van der Waals surface area (Å²) in [4.78, 5) is 53.6. The van der Waals surface area contributed by atoms with Crippen molar-refractivity contribution < 1.29 is 46.9 Å². The van der Waals surface area contributed by atoms with E-state index in [1.807, 2.05) is 0 Å². The number of carbonyl (C=O) groups excluding carboxylic acids is 3. The summed E-state index contributed by atoms with van der Waals surface area (Å²) in [5, 5.41) is 20.0. The number of hydrogen-bond donors (Lipinski definition) is 4. The van der Waals surface area contributed by atoms with Gasteiger partial charge >= 0.3 is 5.97 Å². The molecule has 16 heteroatoms. The topological polar surface area (TPSA) is 197 Å². The van der Waals surface area contributed by atoms with Crippen LogP contribution in [0.3, 0.4) is 0 Å². The number of nitrogens with two attached hydrogens (primary N) is 1. The number of nitrogens with one attached hydrogen (secondary N) is 1. The number of hydrogen-bond acceptors (Lipinski definition) is 10. The number of aliphatic hydroxyl groups excluding tert-OH is 1. The number of carbonyl (C=O) groups is 4. The molecule has 0 bridgehead atoms.